The van der Waals surface area contributed by atoms with Crippen molar-refractivity contribution in [2.75, 3.05) is 0 Å². The monoisotopic (exact) mass is 383 g/mol. The minimum Gasteiger partial charge on any atom is -0.338 e. The fraction of sp³-hybridized carbons (Fsp3) is 0.300. The van der Waals surface area contributed by atoms with Gasteiger partial charge in [0.25, 0.3) is 0 Å². The molecule has 4 rings (SSSR count). The lowest BCUT2D eigenvalue weighted by atomic mass is 9.92. The first-order valence-electron chi connectivity index (χ1n) is 9.02. The van der Waals surface area contributed by atoms with E-state index in [-0.39, 0.29) is 17.3 Å². The Hall–Kier alpha value is -2.51. The van der Waals surface area contributed by atoms with E-state index in [1.54, 1.807) is 12.1 Å². The maximum absolute atomic E-state index is 12.6. The number of aryl methyl sites for hydroxylation is 3. The fourth-order valence-electron chi connectivity index (χ4n) is 3.35. The number of hydrogen-bond acceptors (Lipinski definition) is 5. The quantitative estimate of drug-likeness (QED) is 0.730. The first-order chi connectivity index (χ1) is 13.0. The molecule has 1 N–H and O–H groups in total. The van der Waals surface area contributed by atoms with Gasteiger partial charge in [0.15, 0.2) is 0 Å². The minimum absolute atomic E-state index is 0.0434. The molecule has 6 nitrogen and oxygen atoms in total. The van der Waals surface area contributed by atoms with Crippen LogP contribution in [0.3, 0.4) is 0 Å². The SMILES string of the molecule is Cc1cccc(-c2noc(CNS(=O)(=O)c3ccc4c(c3)CCCC4)n2)c1. The van der Waals surface area contributed by atoms with E-state index >= 15 is 0 Å². The third-order valence-electron chi connectivity index (χ3n) is 4.79. The van der Waals surface area contributed by atoms with Crippen LogP contribution in [-0.4, -0.2) is 18.6 Å². The zero-order valence-electron chi connectivity index (χ0n) is 15.1. The summed E-state index contributed by atoms with van der Waals surface area (Å²) in [6.07, 6.45) is 4.22. The number of nitrogens with one attached hydrogen (secondary N) is 1. The van der Waals surface area contributed by atoms with Crippen LogP contribution in [0.15, 0.2) is 51.9 Å². The van der Waals surface area contributed by atoms with Crippen molar-refractivity contribution < 1.29 is 12.9 Å². The van der Waals surface area contributed by atoms with Gasteiger partial charge in [0.1, 0.15) is 0 Å². The maximum atomic E-state index is 12.6. The molecule has 0 aliphatic heterocycles. The van der Waals surface area contributed by atoms with Crippen molar-refractivity contribution in [3.8, 4) is 11.4 Å². The molecule has 27 heavy (non-hydrogen) atoms. The summed E-state index contributed by atoms with van der Waals surface area (Å²) < 4.78 is 33.0. The largest absolute Gasteiger partial charge is 0.338 e. The third-order valence-corrected chi connectivity index (χ3v) is 6.19. The molecule has 0 unspecified atom stereocenters. The molecule has 1 aliphatic rings. The standard InChI is InChI=1S/C20H21N3O3S/c1-14-5-4-8-17(11-14)20-22-19(26-23-20)13-21-27(24,25)18-10-9-15-6-2-3-7-16(15)12-18/h4-5,8-12,21H,2-3,6-7,13H2,1H3. The molecule has 0 saturated carbocycles. The Bertz CT molecular complexity index is 1070. The van der Waals surface area contributed by atoms with Gasteiger partial charge in [0.05, 0.1) is 11.4 Å². The molecule has 2 aromatic carbocycles. The van der Waals surface area contributed by atoms with Gasteiger partial charge in [-0.3, -0.25) is 0 Å². The predicted molar refractivity (Wildman–Crippen MR) is 102 cm³/mol. The van der Waals surface area contributed by atoms with Crippen LogP contribution >= 0.6 is 0 Å². The second kappa shape index (κ2) is 7.25. The summed E-state index contributed by atoms with van der Waals surface area (Å²) in [5.74, 6) is 0.676. The Morgan fingerprint density at radius 2 is 1.89 bits per heavy atom. The number of rotatable bonds is 5. The second-order valence-corrected chi connectivity index (χ2v) is 8.61. The summed E-state index contributed by atoms with van der Waals surface area (Å²) in [4.78, 5) is 4.56. The molecule has 0 atom stereocenters. The number of nitrogens with zero attached hydrogens (tertiary/aromatic N) is 2. The highest BCUT2D eigenvalue weighted by Gasteiger charge is 2.19. The van der Waals surface area contributed by atoms with Crippen LogP contribution < -0.4 is 4.72 Å². The number of aromatic nitrogens is 2. The lowest BCUT2D eigenvalue weighted by molar-refractivity contribution is 0.376. The van der Waals surface area contributed by atoms with Crippen LogP contribution in [0.5, 0.6) is 0 Å². The van der Waals surface area contributed by atoms with E-state index in [4.69, 9.17) is 4.52 Å². The summed E-state index contributed by atoms with van der Waals surface area (Å²) in [6, 6.07) is 13.1. The van der Waals surface area contributed by atoms with Gasteiger partial charge in [-0.25, -0.2) is 13.1 Å². The molecule has 0 saturated heterocycles. The molecule has 140 valence electrons. The molecule has 0 spiro atoms. The Morgan fingerprint density at radius 3 is 2.70 bits per heavy atom. The highest BCUT2D eigenvalue weighted by molar-refractivity contribution is 7.89. The number of hydrogen-bond donors (Lipinski definition) is 1. The molecule has 0 amide bonds. The molecule has 1 heterocycles. The van der Waals surface area contributed by atoms with Gasteiger partial charge in [-0.2, -0.15) is 4.98 Å². The summed E-state index contributed by atoms with van der Waals surface area (Å²) in [5, 5.41) is 3.94. The van der Waals surface area contributed by atoms with Crippen molar-refractivity contribution in [2.45, 2.75) is 44.0 Å². The van der Waals surface area contributed by atoms with Gasteiger partial charge in [-0.15, -0.1) is 0 Å². The first-order valence-corrected chi connectivity index (χ1v) is 10.5. The molecule has 7 heteroatoms. The molecular weight excluding hydrogens is 362 g/mol. The highest BCUT2D eigenvalue weighted by atomic mass is 32.2. The maximum Gasteiger partial charge on any atom is 0.242 e. The van der Waals surface area contributed by atoms with E-state index in [9.17, 15) is 8.42 Å². The summed E-state index contributed by atoms with van der Waals surface area (Å²) >= 11 is 0. The molecule has 3 aromatic rings. The van der Waals surface area contributed by atoms with Gasteiger partial charge in [0, 0.05) is 5.56 Å². The van der Waals surface area contributed by atoms with Crippen molar-refractivity contribution in [1.29, 1.82) is 0 Å². The zero-order chi connectivity index (χ0) is 18.9. The minimum atomic E-state index is -3.63. The van der Waals surface area contributed by atoms with Crippen molar-refractivity contribution in [1.82, 2.24) is 14.9 Å². The topological polar surface area (TPSA) is 85.1 Å². The number of fused-ring (bicyclic) bond motifs is 1. The van der Waals surface area contributed by atoms with Crippen LogP contribution in [0.25, 0.3) is 11.4 Å². The van der Waals surface area contributed by atoms with E-state index in [2.05, 4.69) is 14.9 Å². The van der Waals surface area contributed by atoms with Crippen LogP contribution in [0.4, 0.5) is 0 Å². The molecule has 1 aliphatic carbocycles. The molecule has 0 radical (unpaired) electrons. The Labute approximate surface area is 158 Å². The second-order valence-electron chi connectivity index (χ2n) is 6.84. The van der Waals surface area contributed by atoms with E-state index in [1.807, 2.05) is 37.3 Å². The third kappa shape index (κ3) is 3.94. The van der Waals surface area contributed by atoms with Gasteiger partial charge < -0.3 is 4.52 Å². The van der Waals surface area contributed by atoms with E-state index in [0.717, 1.165) is 42.4 Å². The van der Waals surface area contributed by atoms with Gasteiger partial charge in [0.2, 0.25) is 21.7 Å². The number of sulfonamides is 1. The van der Waals surface area contributed by atoms with Crippen LogP contribution in [0, 0.1) is 6.92 Å². The van der Waals surface area contributed by atoms with Gasteiger partial charge in [-0.05, 0) is 61.9 Å². The van der Waals surface area contributed by atoms with Crippen LogP contribution in [0.1, 0.15) is 35.4 Å². The molecule has 0 bridgehead atoms. The lowest BCUT2D eigenvalue weighted by Gasteiger charge is -2.16. The Morgan fingerprint density at radius 1 is 1.07 bits per heavy atom. The van der Waals surface area contributed by atoms with Crippen molar-refractivity contribution in [3.05, 3.63) is 65.0 Å². The summed E-state index contributed by atoms with van der Waals surface area (Å²) in [6.45, 7) is 1.94. The van der Waals surface area contributed by atoms with E-state index in [0.29, 0.717) is 5.82 Å². The lowest BCUT2D eigenvalue weighted by Crippen LogP contribution is -2.23. The normalized spacial score (nSPS) is 14.1. The average molecular weight is 383 g/mol. The van der Waals surface area contributed by atoms with Crippen molar-refractivity contribution in [2.24, 2.45) is 0 Å². The Balaban J connectivity index is 1.48. The molecular formula is C20H21N3O3S. The van der Waals surface area contributed by atoms with Crippen molar-refractivity contribution in [3.63, 3.8) is 0 Å². The summed E-state index contributed by atoms with van der Waals surface area (Å²) in [7, 11) is -3.63. The zero-order valence-corrected chi connectivity index (χ0v) is 15.9. The smallest absolute Gasteiger partial charge is 0.242 e. The van der Waals surface area contributed by atoms with Crippen molar-refractivity contribution >= 4 is 10.0 Å². The highest BCUT2D eigenvalue weighted by Crippen LogP contribution is 2.24. The first kappa shape index (κ1) is 17.9. The summed E-state index contributed by atoms with van der Waals surface area (Å²) in [5.41, 5.74) is 4.30. The van der Waals surface area contributed by atoms with Gasteiger partial charge >= 0.3 is 0 Å². The van der Waals surface area contributed by atoms with E-state index in [1.165, 1.54) is 5.56 Å². The van der Waals surface area contributed by atoms with Gasteiger partial charge in [-0.1, -0.05) is 35.0 Å². The molecule has 1 aromatic heterocycles. The van der Waals surface area contributed by atoms with Crippen LogP contribution in [-0.2, 0) is 29.4 Å². The average Bonchev–Trinajstić information content (AvgIpc) is 3.15. The van der Waals surface area contributed by atoms with E-state index < -0.39 is 10.0 Å². The fourth-order valence-corrected chi connectivity index (χ4v) is 4.37. The predicted octanol–water partition coefficient (Wildman–Crippen LogP) is 3.40. The van der Waals surface area contributed by atoms with Crippen LogP contribution in [0.2, 0.25) is 0 Å². The molecule has 0 fully saturated rings. The number of benzene rings is 2. The Kier molecular flexibility index (Phi) is 4.80.